The summed E-state index contributed by atoms with van der Waals surface area (Å²) in [7, 11) is -4.62. The first-order chi connectivity index (χ1) is 31.5. The predicted molar refractivity (Wildman–Crippen MR) is 247 cm³/mol. The summed E-state index contributed by atoms with van der Waals surface area (Å²) in [5, 5.41) is 2.98. The van der Waals surface area contributed by atoms with Gasteiger partial charge in [-0.25, -0.2) is 14.7 Å². The maximum Gasteiger partial charge on any atom is 0.425 e. The molecule has 1 amide bonds. The lowest BCUT2D eigenvalue weighted by molar-refractivity contribution is -0.320. The van der Waals surface area contributed by atoms with E-state index in [1.807, 2.05) is 36.4 Å². The Balaban J connectivity index is 1.46. The van der Waals surface area contributed by atoms with Crippen molar-refractivity contribution in [2.75, 3.05) is 50.3 Å². The lowest BCUT2D eigenvalue weighted by atomic mass is 10.1. The third kappa shape index (κ3) is 11.3. The summed E-state index contributed by atoms with van der Waals surface area (Å²) >= 11 is 0. The van der Waals surface area contributed by atoms with Crippen LogP contribution in [0.5, 0.6) is 5.88 Å². The Morgan fingerprint density at radius 3 is 1.83 bits per heavy atom. The van der Waals surface area contributed by atoms with E-state index in [0.29, 0.717) is 11.4 Å². The van der Waals surface area contributed by atoms with E-state index in [2.05, 4.69) is 65.7 Å². The van der Waals surface area contributed by atoms with Crippen molar-refractivity contribution in [1.29, 1.82) is 0 Å². The molecule has 2 aromatic carbocycles. The first kappa shape index (κ1) is 50.6. The highest BCUT2D eigenvalue weighted by atomic mass is 28.5. The van der Waals surface area contributed by atoms with Gasteiger partial charge in [0.15, 0.2) is 17.4 Å². The summed E-state index contributed by atoms with van der Waals surface area (Å²) in [4.78, 5) is 53.0. The Bertz CT molecular complexity index is 2160. The monoisotopic (exact) mass is 952 g/mol. The fourth-order valence-electron chi connectivity index (χ4n) is 8.31. The van der Waals surface area contributed by atoms with Crippen LogP contribution in [-0.4, -0.2) is 120 Å². The second-order valence-electron chi connectivity index (χ2n) is 17.2. The number of nitrogens with zero attached hydrogens (tertiary/aromatic N) is 5. The molecular weight excluding hydrogens is 889 g/mol. The zero-order valence-electron chi connectivity index (χ0n) is 39.6. The molecule has 1 N–H and O–H groups in total. The van der Waals surface area contributed by atoms with E-state index >= 15 is 0 Å². The van der Waals surface area contributed by atoms with Gasteiger partial charge in [-0.2, -0.15) is 9.97 Å². The Labute approximate surface area is 388 Å². The van der Waals surface area contributed by atoms with Crippen LogP contribution < -0.4 is 15.0 Å². The number of nitrogens with one attached hydrogen (secondary N) is 1. The number of rotatable bonds is 19. The highest BCUT2D eigenvalue weighted by molar-refractivity contribution is 6.84. The standard InChI is InChI=1S/C45H64N6O13Si2/c1-28(2)65(29(3)4)59-26-36-38(63-66(64-65,30(5)6)31(7)8)39(61-45(57-24-22-55-32(9)52)58-25-23-56-33(10)53)42(60-36)50-27-47-37-40(50)48-43(46-11)49-41(37)62-44(54)51(34-18-14-12-15-19-34)35-20-16-13-17-21-35/h12-21,27-31,36,38-39,42,45H,22-26H2,1-11H3,(H,46,48,49)/t36-,38-,39-,42-/m1/s1. The minimum Gasteiger partial charge on any atom is -0.463 e. The average Bonchev–Trinajstić information content (AvgIpc) is 3.84. The van der Waals surface area contributed by atoms with Crippen LogP contribution in [0.3, 0.4) is 0 Å². The highest BCUT2D eigenvalue weighted by Crippen LogP contribution is 2.49. The summed E-state index contributed by atoms with van der Waals surface area (Å²) in [6.45, 7) is 17.9. The van der Waals surface area contributed by atoms with Crippen molar-refractivity contribution < 1.29 is 60.5 Å². The smallest absolute Gasteiger partial charge is 0.425 e. The zero-order valence-corrected chi connectivity index (χ0v) is 41.6. The van der Waals surface area contributed by atoms with Crippen LogP contribution in [0.1, 0.15) is 75.5 Å². The molecular formula is C45H64N6O13Si2. The summed E-state index contributed by atoms with van der Waals surface area (Å²) in [6, 6.07) is 18.2. The van der Waals surface area contributed by atoms with Crippen molar-refractivity contribution in [1.82, 2.24) is 19.5 Å². The fourth-order valence-corrected chi connectivity index (χ4v) is 19.5. The normalized spacial score (nSPS) is 20.4. The minimum atomic E-state index is -3.27. The van der Waals surface area contributed by atoms with E-state index in [1.54, 1.807) is 35.9 Å². The number of amides is 1. The van der Waals surface area contributed by atoms with E-state index < -0.39 is 66.2 Å². The van der Waals surface area contributed by atoms with Gasteiger partial charge in [-0.1, -0.05) is 91.8 Å². The number of imidazole rings is 1. The van der Waals surface area contributed by atoms with Crippen molar-refractivity contribution in [2.24, 2.45) is 0 Å². The quantitative estimate of drug-likeness (QED) is 0.0411. The maximum atomic E-state index is 14.3. The third-order valence-electron chi connectivity index (χ3n) is 11.5. The van der Waals surface area contributed by atoms with Gasteiger partial charge < -0.3 is 51.4 Å². The van der Waals surface area contributed by atoms with Gasteiger partial charge in [0.2, 0.25) is 5.95 Å². The molecule has 19 nitrogen and oxygen atoms in total. The summed E-state index contributed by atoms with van der Waals surface area (Å²) in [5.74, 6) is -0.958. The number of para-hydroxylation sites is 2. The van der Waals surface area contributed by atoms with Crippen molar-refractivity contribution >= 4 is 63.6 Å². The molecule has 4 aromatic rings. The summed E-state index contributed by atoms with van der Waals surface area (Å²) in [5.41, 5.74) is 1.60. The van der Waals surface area contributed by atoms with E-state index in [1.165, 1.54) is 25.1 Å². The van der Waals surface area contributed by atoms with Crippen LogP contribution in [0.25, 0.3) is 11.2 Å². The molecule has 2 fully saturated rings. The molecule has 0 radical (unpaired) electrons. The van der Waals surface area contributed by atoms with E-state index in [9.17, 15) is 14.4 Å². The van der Waals surface area contributed by atoms with Crippen LogP contribution in [0.15, 0.2) is 67.0 Å². The molecule has 0 spiro atoms. The van der Waals surface area contributed by atoms with Crippen LogP contribution >= 0.6 is 0 Å². The lowest BCUT2D eigenvalue weighted by Gasteiger charge is -2.51. The zero-order chi connectivity index (χ0) is 47.8. The Hall–Kier alpha value is -4.85. The number of ether oxygens (including phenoxy) is 7. The van der Waals surface area contributed by atoms with E-state index in [4.69, 9.17) is 56.1 Å². The maximum absolute atomic E-state index is 14.3. The number of carbonyl (C=O) groups excluding carboxylic acids is 3. The average molecular weight is 953 g/mol. The largest absolute Gasteiger partial charge is 0.463 e. The number of esters is 2. The second kappa shape index (κ2) is 22.3. The minimum absolute atomic E-state index is 0.0386. The molecule has 0 aliphatic carbocycles. The molecule has 0 saturated carbocycles. The third-order valence-corrected chi connectivity index (χ3v) is 21.7. The number of fused-ring (bicyclic) bond motifs is 2. The second-order valence-corrected chi connectivity index (χ2v) is 26.1. The Morgan fingerprint density at radius 2 is 1.33 bits per heavy atom. The number of hydrogen-bond donors (Lipinski definition) is 1. The molecule has 66 heavy (non-hydrogen) atoms. The Morgan fingerprint density at radius 1 is 0.788 bits per heavy atom. The first-order valence-electron chi connectivity index (χ1n) is 22.4. The predicted octanol–water partition coefficient (Wildman–Crippen LogP) is 7.89. The molecule has 2 aliphatic heterocycles. The molecule has 0 bridgehead atoms. The molecule has 6 rings (SSSR count). The molecule has 2 aliphatic rings. The van der Waals surface area contributed by atoms with Gasteiger partial charge in [0, 0.05) is 20.9 Å². The molecule has 4 heterocycles. The molecule has 2 saturated heterocycles. The molecule has 360 valence electrons. The van der Waals surface area contributed by atoms with Gasteiger partial charge in [0.05, 0.1) is 37.5 Å². The van der Waals surface area contributed by atoms with Crippen LogP contribution in [0.2, 0.25) is 22.2 Å². The Kier molecular flexibility index (Phi) is 17.1. The molecule has 2 aromatic heterocycles. The van der Waals surface area contributed by atoms with Crippen molar-refractivity contribution in [2.45, 2.75) is 122 Å². The van der Waals surface area contributed by atoms with Gasteiger partial charge in [-0.3, -0.25) is 14.2 Å². The first-order valence-corrected chi connectivity index (χ1v) is 26.3. The van der Waals surface area contributed by atoms with Gasteiger partial charge in [0.1, 0.15) is 31.5 Å². The van der Waals surface area contributed by atoms with Crippen LogP contribution in [0, 0.1) is 0 Å². The number of hydrogen-bond acceptors (Lipinski definition) is 17. The fraction of sp³-hybridized carbons (Fsp3) is 0.556. The van der Waals surface area contributed by atoms with Crippen molar-refractivity contribution in [3.05, 3.63) is 67.0 Å². The van der Waals surface area contributed by atoms with Gasteiger partial charge >= 0.3 is 35.2 Å². The van der Waals surface area contributed by atoms with E-state index in [-0.39, 0.29) is 78.2 Å². The van der Waals surface area contributed by atoms with Gasteiger partial charge in [-0.15, -0.1) is 0 Å². The van der Waals surface area contributed by atoms with Crippen molar-refractivity contribution in [3.8, 4) is 5.88 Å². The number of anilines is 3. The summed E-state index contributed by atoms with van der Waals surface area (Å²) < 4.78 is 66.1. The topological polar surface area (TPSA) is 202 Å². The number of benzene rings is 2. The van der Waals surface area contributed by atoms with Gasteiger partial charge in [0.25, 0.3) is 12.4 Å². The molecule has 0 unspecified atom stereocenters. The highest BCUT2D eigenvalue weighted by Gasteiger charge is 2.62. The SMILES string of the molecule is CNc1nc(OC(=O)N(c2ccccc2)c2ccccc2)c2ncn([C@@H]3O[C@@H]4CO[Si](C(C)C)(C(C)C)O[Si](C(C)C)(C(C)C)O[C@H]4[C@H]3OC(OCCOC(C)=O)OCCOC(C)=O)c2n1. The summed E-state index contributed by atoms with van der Waals surface area (Å²) in [6.07, 6.45) is -2.86. The molecule has 21 heteroatoms. The molecule has 4 atom stereocenters. The number of aromatic nitrogens is 4. The van der Waals surface area contributed by atoms with Crippen LogP contribution in [-0.2, 0) is 51.0 Å². The van der Waals surface area contributed by atoms with E-state index in [0.717, 1.165) is 0 Å². The van der Waals surface area contributed by atoms with Crippen LogP contribution in [0.4, 0.5) is 22.1 Å². The van der Waals surface area contributed by atoms with Gasteiger partial charge in [-0.05, 0) is 46.4 Å². The van der Waals surface area contributed by atoms with Crippen molar-refractivity contribution in [3.63, 3.8) is 0 Å². The number of carbonyl (C=O) groups is 3. The lowest BCUT2D eigenvalue weighted by Crippen LogP contribution is -2.66.